The van der Waals surface area contributed by atoms with Crippen LogP contribution in [0.5, 0.6) is 0 Å². The van der Waals surface area contributed by atoms with Crippen LogP contribution in [-0.4, -0.2) is 59.7 Å². The molecule has 0 bridgehead atoms. The summed E-state index contributed by atoms with van der Waals surface area (Å²) in [6, 6.07) is 8.97. The van der Waals surface area contributed by atoms with Crippen molar-refractivity contribution in [2.45, 2.75) is 31.6 Å². The third-order valence-corrected chi connectivity index (χ3v) is 4.58. The topological polar surface area (TPSA) is 55.8 Å². The van der Waals surface area contributed by atoms with Crippen LogP contribution in [0.15, 0.2) is 30.3 Å². The van der Waals surface area contributed by atoms with Gasteiger partial charge in [-0.15, -0.1) is 0 Å². The van der Waals surface area contributed by atoms with Gasteiger partial charge in [0.2, 0.25) is 0 Å². The molecule has 1 unspecified atom stereocenters. The van der Waals surface area contributed by atoms with Gasteiger partial charge in [-0.2, -0.15) is 11.8 Å². The van der Waals surface area contributed by atoms with Gasteiger partial charge in [0.05, 0.1) is 17.4 Å². The van der Waals surface area contributed by atoms with E-state index in [9.17, 15) is 9.59 Å². The minimum Gasteiger partial charge on any atom is -0.461 e. The highest BCUT2D eigenvalue weighted by Gasteiger charge is 2.25. The molecule has 1 fully saturated rings. The maximum atomic E-state index is 12.0. The van der Waals surface area contributed by atoms with Crippen LogP contribution >= 0.6 is 11.8 Å². The molecule has 0 amide bonds. The number of benzene rings is 1. The first-order chi connectivity index (χ1) is 11.3. The van der Waals surface area contributed by atoms with Gasteiger partial charge in [0.25, 0.3) is 0 Å². The molecule has 1 saturated heterocycles. The van der Waals surface area contributed by atoms with Gasteiger partial charge in [-0.25, -0.2) is 4.79 Å². The minimum absolute atomic E-state index is 0.175. The molecule has 0 aliphatic carbocycles. The summed E-state index contributed by atoms with van der Waals surface area (Å²) < 4.78 is 10.8. The van der Waals surface area contributed by atoms with Crippen molar-refractivity contribution in [2.24, 2.45) is 0 Å². The molecule has 6 heteroatoms. The van der Waals surface area contributed by atoms with Crippen molar-refractivity contribution in [2.75, 3.05) is 32.0 Å². The average Bonchev–Trinajstić information content (AvgIpc) is 2.52. The zero-order chi connectivity index (χ0) is 17.6. The SMILES string of the molecule is CC(C)(C)OC(=O)CN1CCSC(COC(=O)c2ccccc2)C1. The Morgan fingerprint density at radius 2 is 1.96 bits per heavy atom. The van der Waals surface area contributed by atoms with E-state index in [1.807, 2.05) is 39.0 Å². The van der Waals surface area contributed by atoms with Gasteiger partial charge in [0, 0.05) is 18.8 Å². The fourth-order valence-corrected chi connectivity index (χ4v) is 3.58. The van der Waals surface area contributed by atoms with Gasteiger partial charge in [0.1, 0.15) is 12.2 Å². The van der Waals surface area contributed by atoms with Gasteiger partial charge in [-0.1, -0.05) is 18.2 Å². The second kappa shape index (κ2) is 8.53. The molecule has 5 nitrogen and oxygen atoms in total. The van der Waals surface area contributed by atoms with Crippen molar-refractivity contribution in [3.8, 4) is 0 Å². The maximum Gasteiger partial charge on any atom is 0.338 e. The van der Waals surface area contributed by atoms with E-state index in [1.165, 1.54) is 0 Å². The highest BCUT2D eigenvalue weighted by molar-refractivity contribution is 8.00. The molecule has 1 heterocycles. The minimum atomic E-state index is -0.466. The van der Waals surface area contributed by atoms with E-state index in [1.54, 1.807) is 23.9 Å². The third kappa shape index (κ3) is 6.53. The lowest BCUT2D eigenvalue weighted by Crippen LogP contribution is -2.44. The molecule has 1 aliphatic rings. The number of carbonyl (C=O) groups is 2. The zero-order valence-electron chi connectivity index (χ0n) is 14.5. The van der Waals surface area contributed by atoms with E-state index in [-0.39, 0.29) is 23.7 Å². The molecule has 132 valence electrons. The van der Waals surface area contributed by atoms with Crippen molar-refractivity contribution in [1.82, 2.24) is 4.90 Å². The average molecular weight is 351 g/mol. The molecular formula is C18H25NO4S. The quantitative estimate of drug-likeness (QED) is 0.760. The van der Waals surface area contributed by atoms with Crippen LogP contribution in [0, 0.1) is 0 Å². The van der Waals surface area contributed by atoms with Gasteiger partial charge in [-0.3, -0.25) is 9.69 Å². The van der Waals surface area contributed by atoms with Crippen molar-refractivity contribution < 1.29 is 19.1 Å². The smallest absolute Gasteiger partial charge is 0.338 e. The van der Waals surface area contributed by atoms with E-state index >= 15 is 0 Å². The maximum absolute atomic E-state index is 12.0. The number of thioether (sulfide) groups is 1. The molecule has 1 aliphatic heterocycles. The van der Waals surface area contributed by atoms with Crippen LogP contribution in [0.3, 0.4) is 0 Å². The Morgan fingerprint density at radius 1 is 1.25 bits per heavy atom. The number of rotatable bonds is 5. The van der Waals surface area contributed by atoms with Crippen LogP contribution in [0.4, 0.5) is 0 Å². The van der Waals surface area contributed by atoms with E-state index in [0.29, 0.717) is 18.7 Å². The van der Waals surface area contributed by atoms with Crippen molar-refractivity contribution in [3.05, 3.63) is 35.9 Å². The Balaban J connectivity index is 1.77. The highest BCUT2D eigenvalue weighted by atomic mass is 32.2. The Hall–Kier alpha value is -1.53. The molecule has 0 aromatic heterocycles. The van der Waals surface area contributed by atoms with Crippen LogP contribution in [0.1, 0.15) is 31.1 Å². The van der Waals surface area contributed by atoms with Gasteiger partial charge < -0.3 is 9.47 Å². The summed E-state index contributed by atoms with van der Waals surface area (Å²) in [5.74, 6) is 0.394. The van der Waals surface area contributed by atoms with Gasteiger partial charge >= 0.3 is 11.9 Å². The molecule has 24 heavy (non-hydrogen) atoms. The summed E-state index contributed by atoms with van der Waals surface area (Å²) in [5, 5.41) is 0.175. The van der Waals surface area contributed by atoms with Crippen molar-refractivity contribution in [1.29, 1.82) is 0 Å². The standard InChI is InChI=1S/C18H25NO4S/c1-18(2,3)23-16(20)12-19-9-10-24-15(11-19)13-22-17(21)14-7-5-4-6-8-14/h4-8,15H,9-13H2,1-3H3. The Kier molecular flexibility index (Phi) is 6.69. The van der Waals surface area contributed by atoms with E-state index in [0.717, 1.165) is 12.3 Å². The molecule has 0 spiro atoms. The third-order valence-electron chi connectivity index (χ3n) is 3.41. The predicted molar refractivity (Wildman–Crippen MR) is 95.3 cm³/mol. The molecule has 0 radical (unpaired) electrons. The highest BCUT2D eigenvalue weighted by Crippen LogP contribution is 2.20. The number of esters is 2. The Labute approximate surface area is 147 Å². The lowest BCUT2D eigenvalue weighted by atomic mass is 10.2. The van der Waals surface area contributed by atoms with Crippen LogP contribution in [0.25, 0.3) is 0 Å². The van der Waals surface area contributed by atoms with Crippen LogP contribution in [0.2, 0.25) is 0 Å². The summed E-state index contributed by atoms with van der Waals surface area (Å²) >= 11 is 1.77. The largest absolute Gasteiger partial charge is 0.461 e. The van der Waals surface area contributed by atoms with E-state index in [4.69, 9.17) is 9.47 Å². The first-order valence-corrected chi connectivity index (χ1v) is 9.16. The predicted octanol–water partition coefficient (Wildman–Crippen LogP) is 2.60. The lowest BCUT2D eigenvalue weighted by molar-refractivity contribution is -0.156. The second-order valence-electron chi connectivity index (χ2n) is 6.78. The molecule has 2 rings (SSSR count). The molecule has 0 saturated carbocycles. The molecule has 0 N–H and O–H groups in total. The molecule has 1 aromatic rings. The number of nitrogens with zero attached hydrogens (tertiary/aromatic N) is 1. The Morgan fingerprint density at radius 3 is 2.62 bits per heavy atom. The van der Waals surface area contributed by atoms with Crippen molar-refractivity contribution >= 4 is 23.7 Å². The number of hydrogen-bond acceptors (Lipinski definition) is 6. The fourth-order valence-electron chi connectivity index (χ4n) is 2.41. The number of hydrogen-bond donors (Lipinski definition) is 0. The summed E-state index contributed by atoms with van der Waals surface area (Å²) in [6.45, 7) is 7.78. The zero-order valence-corrected chi connectivity index (χ0v) is 15.3. The van der Waals surface area contributed by atoms with Crippen LogP contribution < -0.4 is 0 Å². The first-order valence-electron chi connectivity index (χ1n) is 8.11. The molecule has 1 atom stereocenters. The van der Waals surface area contributed by atoms with E-state index in [2.05, 4.69) is 4.90 Å². The van der Waals surface area contributed by atoms with Gasteiger partial charge in [-0.05, 0) is 32.9 Å². The van der Waals surface area contributed by atoms with Crippen LogP contribution in [-0.2, 0) is 14.3 Å². The van der Waals surface area contributed by atoms with Crippen molar-refractivity contribution in [3.63, 3.8) is 0 Å². The summed E-state index contributed by atoms with van der Waals surface area (Å²) in [7, 11) is 0. The summed E-state index contributed by atoms with van der Waals surface area (Å²) in [6.07, 6.45) is 0. The molecule has 1 aromatic carbocycles. The van der Waals surface area contributed by atoms with Gasteiger partial charge in [0.15, 0.2) is 0 Å². The number of ether oxygens (including phenoxy) is 2. The number of carbonyl (C=O) groups excluding carboxylic acids is 2. The first kappa shape index (κ1) is 18.8. The normalized spacial score (nSPS) is 18.9. The Bertz CT molecular complexity index is 556. The monoisotopic (exact) mass is 351 g/mol. The fraction of sp³-hybridized carbons (Fsp3) is 0.556. The van der Waals surface area contributed by atoms with E-state index < -0.39 is 5.60 Å². The lowest BCUT2D eigenvalue weighted by Gasteiger charge is -2.32. The summed E-state index contributed by atoms with van der Waals surface area (Å²) in [4.78, 5) is 26.0. The molecular weight excluding hydrogens is 326 g/mol. The summed E-state index contributed by atoms with van der Waals surface area (Å²) in [5.41, 5.74) is 0.0931. The second-order valence-corrected chi connectivity index (χ2v) is 8.19.